The number of hydrogen-bond donors (Lipinski definition) is 2. The van der Waals surface area contributed by atoms with Crippen LogP contribution in [0.25, 0.3) is 0 Å². The van der Waals surface area contributed by atoms with Gasteiger partial charge in [-0.3, -0.25) is 4.99 Å². The van der Waals surface area contributed by atoms with Crippen LogP contribution in [0.2, 0.25) is 0 Å². The minimum Gasteiger partial charge on any atom is -0.493 e. The molecule has 1 unspecified atom stereocenters. The van der Waals surface area contributed by atoms with E-state index in [1.165, 1.54) is 0 Å². The quantitative estimate of drug-likeness (QED) is 0.833. The third-order valence-corrected chi connectivity index (χ3v) is 3.18. The van der Waals surface area contributed by atoms with Crippen LogP contribution < -0.4 is 24.8 Å². The molecule has 2 rings (SSSR count). The molecular formula is C15H23N3O3. The number of rotatable bonds is 6. The van der Waals surface area contributed by atoms with E-state index < -0.39 is 0 Å². The highest BCUT2D eigenvalue weighted by Gasteiger charge is 2.15. The van der Waals surface area contributed by atoms with Crippen LogP contribution in [-0.2, 0) is 6.54 Å². The minimum atomic E-state index is 0.386. The van der Waals surface area contributed by atoms with Gasteiger partial charge in [0.05, 0.1) is 27.4 Å². The van der Waals surface area contributed by atoms with Crippen molar-refractivity contribution in [3.63, 3.8) is 0 Å². The topological polar surface area (TPSA) is 64.1 Å². The summed E-state index contributed by atoms with van der Waals surface area (Å²) in [5.74, 6) is 2.80. The molecule has 0 spiro atoms. The number of guanidine groups is 1. The van der Waals surface area contributed by atoms with Gasteiger partial charge in [-0.2, -0.15) is 0 Å². The van der Waals surface area contributed by atoms with Crippen molar-refractivity contribution in [1.29, 1.82) is 0 Å². The molecule has 116 valence electrons. The average molecular weight is 293 g/mol. The fourth-order valence-corrected chi connectivity index (χ4v) is 2.17. The summed E-state index contributed by atoms with van der Waals surface area (Å²) >= 11 is 0. The van der Waals surface area contributed by atoms with Crippen molar-refractivity contribution in [2.75, 3.05) is 27.4 Å². The molecule has 0 aromatic heterocycles. The molecule has 0 aliphatic carbocycles. The fraction of sp³-hybridized carbons (Fsp3) is 0.533. The number of hydrogen-bond acceptors (Lipinski definition) is 6. The Kier molecular flexibility index (Phi) is 5.14. The summed E-state index contributed by atoms with van der Waals surface area (Å²) in [6.07, 6.45) is 0. The van der Waals surface area contributed by atoms with Crippen molar-refractivity contribution in [3.8, 4) is 17.2 Å². The minimum absolute atomic E-state index is 0.386. The standard InChI is InChI=1S/C15H23N3O3/c1-5-21-14-12(19-3)6-11(7-13(14)20-4)9-17-15-16-8-10(2)18-15/h6-7,10H,5,8-9H2,1-4H3,(H2,16,17,18). The van der Waals surface area contributed by atoms with Crippen LogP contribution in [0.1, 0.15) is 19.4 Å². The molecule has 1 aromatic carbocycles. The molecule has 2 N–H and O–H groups in total. The summed E-state index contributed by atoms with van der Waals surface area (Å²) < 4.78 is 16.4. The van der Waals surface area contributed by atoms with Gasteiger partial charge in [0.15, 0.2) is 17.5 Å². The van der Waals surface area contributed by atoms with Gasteiger partial charge in [-0.25, -0.2) is 0 Å². The first-order valence-corrected chi connectivity index (χ1v) is 7.10. The number of ether oxygens (including phenoxy) is 3. The Bertz CT molecular complexity index is 492. The molecule has 1 atom stereocenters. The van der Waals surface area contributed by atoms with E-state index in [4.69, 9.17) is 14.2 Å². The Balaban J connectivity index is 2.12. The van der Waals surface area contributed by atoms with E-state index in [0.717, 1.165) is 18.1 Å². The molecule has 21 heavy (non-hydrogen) atoms. The molecule has 1 aromatic rings. The van der Waals surface area contributed by atoms with Crippen molar-refractivity contribution in [2.45, 2.75) is 26.4 Å². The van der Waals surface area contributed by atoms with Crippen molar-refractivity contribution in [3.05, 3.63) is 17.7 Å². The lowest BCUT2D eigenvalue weighted by Gasteiger charge is -2.16. The van der Waals surface area contributed by atoms with Crippen molar-refractivity contribution in [2.24, 2.45) is 4.99 Å². The molecule has 1 aliphatic heterocycles. The van der Waals surface area contributed by atoms with Crippen molar-refractivity contribution in [1.82, 2.24) is 10.6 Å². The van der Waals surface area contributed by atoms with Crippen LogP contribution in [0.3, 0.4) is 0 Å². The summed E-state index contributed by atoms with van der Waals surface area (Å²) in [6.45, 7) is 6.03. The molecule has 0 amide bonds. The predicted molar refractivity (Wildman–Crippen MR) is 82.5 cm³/mol. The maximum Gasteiger partial charge on any atom is 0.203 e. The maximum atomic E-state index is 5.59. The Morgan fingerprint density at radius 1 is 1.29 bits per heavy atom. The Morgan fingerprint density at radius 3 is 2.43 bits per heavy atom. The molecule has 0 radical (unpaired) electrons. The van der Waals surface area contributed by atoms with Crippen molar-refractivity contribution >= 4 is 5.96 Å². The summed E-state index contributed by atoms with van der Waals surface area (Å²) in [7, 11) is 3.25. The maximum absolute atomic E-state index is 5.59. The van der Waals surface area contributed by atoms with Crippen molar-refractivity contribution < 1.29 is 14.2 Å². The monoisotopic (exact) mass is 293 g/mol. The lowest BCUT2D eigenvalue weighted by atomic mass is 10.2. The highest BCUT2D eigenvalue weighted by atomic mass is 16.5. The largest absolute Gasteiger partial charge is 0.493 e. The van der Waals surface area contributed by atoms with Gasteiger partial charge in [-0.1, -0.05) is 0 Å². The molecule has 0 saturated heterocycles. The number of nitrogens with zero attached hydrogens (tertiary/aromatic N) is 1. The first-order valence-electron chi connectivity index (χ1n) is 7.10. The second-order valence-corrected chi connectivity index (χ2v) is 4.85. The van der Waals surface area contributed by atoms with E-state index in [0.29, 0.717) is 36.4 Å². The van der Waals surface area contributed by atoms with Gasteiger partial charge in [0.1, 0.15) is 0 Å². The van der Waals surface area contributed by atoms with Gasteiger partial charge >= 0.3 is 0 Å². The van der Waals surface area contributed by atoms with Crippen LogP contribution in [0, 0.1) is 0 Å². The predicted octanol–water partition coefficient (Wildman–Crippen LogP) is 1.54. The molecule has 6 heteroatoms. The Morgan fingerprint density at radius 2 is 1.95 bits per heavy atom. The zero-order chi connectivity index (χ0) is 15.2. The lowest BCUT2D eigenvalue weighted by molar-refractivity contribution is 0.288. The number of aliphatic imine (C=N–C) groups is 1. The van der Waals surface area contributed by atoms with Crippen LogP contribution in [-0.4, -0.2) is 39.4 Å². The van der Waals surface area contributed by atoms with E-state index in [1.54, 1.807) is 14.2 Å². The van der Waals surface area contributed by atoms with Crippen LogP contribution in [0.15, 0.2) is 17.1 Å². The molecular weight excluding hydrogens is 270 g/mol. The summed E-state index contributed by atoms with van der Waals surface area (Å²) in [4.78, 5) is 4.37. The zero-order valence-electron chi connectivity index (χ0n) is 13.0. The summed E-state index contributed by atoms with van der Waals surface area (Å²) in [6, 6.07) is 4.27. The highest BCUT2D eigenvalue weighted by molar-refractivity contribution is 5.81. The summed E-state index contributed by atoms with van der Waals surface area (Å²) in [5.41, 5.74) is 1.04. The Hall–Kier alpha value is -2.11. The van der Waals surface area contributed by atoms with Crippen LogP contribution >= 0.6 is 0 Å². The second kappa shape index (κ2) is 7.06. The van der Waals surface area contributed by atoms with Gasteiger partial charge < -0.3 is 24.8 Å². The third kappa shape index (κ3) is 3.71. The van der Waals surface area contributed by atoms with Gasteiger partial charge in [-0.15, -0.1) is 0 Å². The number of methoxy groups -OCH3 is 2. The number of benzene rings is 1. The molecule has 1 heterocycles. The fourth-order valence-electron chi connectivity index (χ4n) is 2.17. The molecule has 0 saturated carbocycles. The van der Waals surface area contributed by atoms with E-state index >= 15 is 0 Å². The molecule has 0 bridgehead atoms. The molecule has 6 nitrogen and oxygen atoms in total. The van der Waals surface area contributed by atoms with Gasteiger partial charge in [0, 0.05) is 12.6 Å². The van der Waals surface area contributed by atoms with E-state index in [2.05, 4.69) is 22.5 Å². The SMILES string of the molecule is CCOc1c(OC)cc(CNC2=NCC(C)N2)cc1OC. The van der Waals surface area contributed by atoms with Gasteiger partial charge in [-0.05, 0) is 31.5 Å². The van der Waals surface area contributed by atoms with E-state index in [9.17, 15) is 0 Å². The van der Waals surface area contributed by atoms with Gasteiger partial charge in [0.2, 0.25) is 5.75 Å². The first kappa shape index (κ1) is 15.3. The lowest BCUT2D eigenvalue weighted by Crippen LogP contribution is -2.37. The summed E-state index contributed by atoms with van der Waals surface area (Å²) in [5, 5.41) is 6.53. The Labute approximate surface area is 125 Å². The third-order valence-electron chi connectivity index (χ3n) is 3.18. The van der Waals surface area contributed by atoms with E-state index in [-0.39, 0.29) is 0 Å². The first-order chi connectivity index (χ1) is 10.2. The number of nitrogens with one attached hydrogen (secondary N) is 2. The smallest absolute Gasteiger partial charge is 0.203 e. The average Bonchev–Trinajstić information content (AvgIpc) is 2.91. The van der Waals surface area contributed by atoms with Gasteiger partial charge in [0.25, 0.3) is 0 Å². The highest BCUT2D eigenvalue weighted by Crippen LogP contribution is 2.38. The molecule has 0 fully saturated rings. The normalized spacial score (nSPS) is 17.0. The van der Waals surface area contributed by atoms with Crippen LogP contribution in [0.5, 0.6) is 17.2 Å². The zero-order valence-corrected chi connectivity index (χ0v) is 13.0. The molecule has 1 aliphatic rings. The van der Waals surface area contributed by atoms with E-state index in [1.807, 2.05) is 19.1 Å². The second-order valence-electron chi connectivity index (χ2n) is 4.85. The van der Waals surface area contributed by atoms with Crippen LogP contribution in [0.4, 0.5) is 0 Å².